The summed E-state index contributed by atoms with van der Waals surface area (Å²) in [6.07, 6.45) is 0. The summed E-state index contributed by atoms with van der Waals surface area (Å²) in [7, 11) is 0. The summed E-state index contributed by atoms with van der Waals surface area (Å²) in [6, 6.07) is 6.93. The van der Waals surface area contributed by atoms with Crippen LogP contribution in [0.25, 0.3) is 10.9 Å². The van der Waals surface area contributed by atoms with Crippen LogP contribution in [0.1, 0.15) is 5.56 Å². The Hall–Kier alpha value is -1.32. The lowest BCUT2D eigenvalue weighted by atomic mass is 10.1. The van der Waals surface area contributed by atoms with Gasteiger partial charge >= 0.3 is 0 Å². The van der Waals surface area contributed by atoms with E-state index in [1.807, 2.05) is 6.07 Å². The van der Waals surface area contributed by atoms with Crippen LogP contribution in [0.2, 0.25) is 5.02 Å². The molecule has 0 unspecified atom stereocenters. The maximum absolute atomic E-state index is 11.2. The van der Waals surface area contributed by atoms with E-state index in [2.05, 4.69) is 4.98 Å². The Morgan fingerprint density at radius 3 is 2.86 bits per heavy atom. The van der Waals surface area contributed by atoms with Crippen molar-refractivity contribution in [1.29, 1.82) is 0 Å². The fourth-order valence-electron chi connectivity index (χ4n) is 1.32. The largest absolute Gasteiger partial charge is 0.392 e. The van der Waals surface area contributed by atoms with Gasteiger partial charge in [-0.25, -0.2) is 0 Å². The minimum absolute atomic E-state index is 0.0411. The molecular formula is C10H8ClNO2. The highest BCUT2D eigenvalue weighted by Gasteiger charge is 2.00. The van der Waals surface area contributed by atoms with Gasteiger partial charge in [-0.3, -0.25) is 4.79 Å². The van der Waals surface area contributed by atoms with Crippen LogP contribution in [-0.2, 0) is 6.61 Å². The summed E-state index contributed by atoms with van der Waals surface area (Å²) < 4.78 is 0. The molecule has 0 bridgehead atoms. The van der Waals surface area contributed by atoms with Gasteiger partial charge in [0.05, 0.1) is 6.61 Å². The van der Waals surface area contributed by atoms with Crippen molar-refractivity contribution in [2.24, 2.45) is 0 Å². The predicted molar refractivity (Wildman–Crippen MR) is 55.5 cm³/mol. The summed E-state index contributed by atoms with van der Waals surface area (Å²) in [5, 5.41) is 9.93. The minimum Gasteiger partial charge on any atom is -0.392 e. The van der Waals surface area contributed by atoms with Crippen LogP contribution >= 0.6 is 11.6 Å². The third-order valence-corrected chi connectivity index (χ3v) is 2.33. The Labute approximate surface area is 85.0 Å². The fourth-order valence-corrected chi connectivity index (χ4v) is 1.48. The van der Waals surface area contributed by atoms with Crippen LogP contribution in [-0.4, -0.2) is 10.1 Å². The third-order valence-electron chi connectivity index (χ3n) is 2.05. The van der Waals surface area contributed by atoms with Crippen LogP contribution < -0.4 is 5.56 Å². The number of hydrogen-bond donors (Lipinski definition) is 2. The van der Waals surface area contributed by atoms with E-state index in [-0.39, 0.29) is 17.2 Å². The van der Waals surface area contributed by atoms with Gasteiger partial charge in [-0.1, -0.05) is 23.7 Å². The van der Waals surface area contributed by atoms with Crippen molar-refractivity contribution in [2.45, 2.75) is 6.61 Å². The van der Waals surface area contributed by atoms with E-state index in [1.54, 1.807) is 18.2 Å². The van der Waals surface area contributed by atoms with Gasteiger partial charge in [-0.05, 0) is 23.1 Å². The molecule has 0 aliphatic heterocycles. The van der Waals surface area contributed by atoms with E-state index in [0.29, 0.717) is 5.52 Å². The maximum atomic E-state index is 11.2. The molecule has 0 spiro atoms. The second kappa shape index (κ2) is 3.44. The molecule has 1 heterocycles. The van der Waals surface area contributed by atoms with Gasteiger partial charge in [0.25, 0.3) is 5.56 Å². The number of nitrogens with one attached hydrogen (secondary N) is 1. The molecule has 0 aliphatic carbocycles. The number of fused-ring (bicyclic) bond motifs is 1. The summed E-state index contributed by atoms with van der Waals surface area (Å²) in [5.41, 5.74) is 1.13. The molecule has 0 fully saturated rings. The number of benzene rings is 1. The number of rotatable bonds is 1. The lowest BCUT2D eigenvalue weighted by Gasteiger charge is -2.00. The van der Waals surface area contributed by atoms with Crippen molar-refractivity contribution in [1.82, 2.24) is 4.98 Å². The van der Waals surface area contributed by atoms with Crippen LogP contribution in [0.15, 0.2) is 29.1 Å². The van der Waals surface area contributed by atoms with Gasteiger partial charge in [-0.15, -0.1) is 0 Å². The molecule has 3 nitrogen and oxygen atoms in total. The predicted octanol–water partition coefficient (Wildman–Crippen LogP) is 1.67. The number of pyridine rings is 1. The normalized spacial score (nSPS) is 10.7. The molecule has 0 saturated heterocycles. The summed E-state index contributed by atoms with van der Waals surface area (Å²) in [5.74, 6) is 0. The standard InChI is InChI=1S/C10H8ClNO2/c11-8-4-7-2-1-6(5-13)3-9(7)12-10(8)14/h1-4,13H,5H2,(H,12,14). The maximum Gasteiger partial charge on any atom is 0.267 e. The lowest BCUT2D eigenvalue weighted by Crippen LogP contribution is -2.05. The molecule has 4 heteroatoms. The van der Waals surface area contributed by atoms with Crippen molar-refractivity contribution < 1.29 is 5.11 Å². The first-order valence-corrected chi connectivity index (χ1v) is 4.51. The Balaban J connectivity index is 2.77. The van der Waals surface area contributed by atoms with E-state index in [4.69, 9.17) is 16.7 Å². The van der Waals surface area contributed by atoms with Crippen LogP contribution in [0.5, 0.6) is 0 Å². The first kappa shape index (κ1) is 9.24. The van der Waals surface area contributed by atoms with E-state index < -0.39 is 0 Å². The van der Waals surface area contributed by atoms with Crippen molar-refractivity contribution >= 4 is 22.5 Å². The molecule has 2 rings (SSSR count). The van der Waals surface area contributed by atoms with Crippen LogP contribution in [0.3, 0.4) is 0 Å². The fraction of sp³-hybridized carbons (Fsp3) is 0.100. The Kier molecular flexibility index (Phi) is 2.27. The monoisotopic (exact) mass is 209 g/mol. The quantitative estimate of drug-likeness (QED) is 0.751. The molecule has 72 valence electrons. The summed E-state index contributed by atoms with van der Waals surface area (Å²) in [4.78, 5) is 13.8. The molecule has 1 aromatic carbocycles. The average molecular weight is 210 g/mol. The zero-order valence-corrected chi connectivity index (χ0v) is 8.01. The minimum atomic E-state index is -0.311. The highest BCUT2D eigenvalue weighted by molar-refractivity contribution is 6.31. The molecule has 0 amide bonds. The second-order valence-electron chi connectivity index (χ2n) is 3.03. The third kappa shape index (κ3) is 1.52. The molecule has 0 aliphatic rings. The highest BCUT2D eigenvalue weighted by Crippen LogP contribution is 2.15. The number of aliphatic hydroxyl groups is 1. The number of aromatic nitrogens is 1. The van der Waals surface area contributed by atoms with Crippen molar-refractivity contribution in [3.8, 4) is 0 Å². The second-order valence-corrected chi connectivity index (χ2v) is 3.43. The smallest absolute Gasteiger partial charge is 0.267 e. The summed E-state index contributed by atoms with van der Waals surface area (Å²) >= 11 is 5.67. The van der Waals surface area contributed by atoms with E-state index in [0.717, 1.165) is 10.9 Å². The first-order chi connectivity index (χ1) is 6.70. The molecule has 2 N–H and O–H groups in total. The topological polar surface area (TPSA) is 53.1 Å². The number of aliphatic hydroxyl groups excluding tert-OH is 1. The highest BCUT2D eigenvalue weighted by atomic mass is 35.5. The van der Waals surface area contributed by atoms with Crippen LogP contribution in [0, 0.1) is 0 Å². The molecule has 14 heavy (non-hydrogen) atoms. The van der Waals surface area contributed by atoms with Crippen molar-refractivity contribution in [3.63, 3.8) is 0 Å². The van der Waals surface area contributed by atoms with Gasteiger partial charge < -0.3 is 10.1 Å². The van der Waals surface area contributed by atoms with E-state index in [9.17, 15) is 4.79 Å². The van der Waals surface area contributed by atoms with Gasteiger partial charge in [0.15, 0.2) is 0 Å². The SMILES string of the molecule is O=c1[nH]c2cc(CO)ccc2cc1Cl. The van der Waals surface area contributed by atoms with E-state index in [1.165, 1.54) is 0 Å². The van der Waals surface area contributed by atoms with Crippen LogP contribution in [0.4, 0.5) is 0 Å². The zero-order chi connectivity index (χ0) is 10.1. The van der Waals surface area contributed by atoms with Gasteiger partial charge in [0.1, 0.15) is 5.02 Å². The number of hydrogen-bond acceptors (Lipinski definition) is 2. The molecule has 2 aromatic rings. The number of aromatic amines is 1. The Morgan fingerprint density at radius 2 is 2.14 bits per heavy atom. The Bertz CT molecular complexity index is 533. The lowest BCUT2D eigenvalue weighted by molar-refractivity contribution is 0.282. The van der Waals surface area contributed by atoms with Crippen molar-refractivity contribution in [3.05, 3.63) is 45.2 Å². The van der Waals surface area contributed by atoms with Gasteiger partial charge in [0, 0.05) is 5.52 Å². The zero-order valence-electron chi connectivity index (χ0n) is 7.25. The number of H-pyrrole nitrogens is 1. The van der Waals surface area contributed by atoms with E-state index >= 15 is 0 Å². The van der Waals surface area contributed by atoms with Crippen molar-refractivity contribution in [2.75, 3.05) is 0 Å². The van der Waals surface area contributed by atoms with Gasteiger partial charge in [0.2, 0.25) is 0 Å². The van der Waals surface area contributed by atoms with Gasteiger partial charge in [-0.2, -0.15) is 0 Å². The Morgan fingerprint density at radius 1 is 1.36 bits per heavy atom. The molecular weight excluding hydrogens is 202 g/mol. The molecule has 0 atom stereocenters. The summed E-state index contributed by atoms with van der Waals surface area (Å²) in [6.45, 7) is -0.0411. The average Bonchev–Trinajstić information content (AvgIpc) is 2.19. The first-order valence-electron chi connectivity index (χ1n) is 4.13. The molecule has 1 aromatic heterocycles. The molecule has 0 radical (unpaired) electrons. The number of halogens is 1. The molecule has 0 saturated carbocycles.